The summed E-state index contributed by atoms with van der Waals surface area (Å²) in [6.07, 6.45) is -5.47. The van der Waals surface area contributed by atoms with Crippen molar-refractivity contribution in [1.82, 2.24) is 20.1 Å². The highest BCUT2D eigenvalue weighted by Gasteiger charge is 2.44. The van der Waals surface area contributed by atoms with Gasteiger partial charge in [-0.15, -0.1) is 0 Å². The topological polar surface area (TPSA) is 81.1 Å². The van der Waals surface area contributed by atoms with Gasteiger partial charge in [-0.05, 0) is 58.0 Å². The number of alkyl halides is 4. The molecule has 0 saturated heterocycles. The first-order chi connectivity index (χ1) is 18.1. The molecule has 0 spiro atoms. The van der Waals surface area contributed by atoms with Crippen molar-refractivity contribution in [3.8, 4) is 5.75 Å². The number of amides is 2. The molecular formula is C26H22F4IN5O2. The van der Waals surface area contributed by atoms with Crippen molar-refractivity contribution in [2.45, 2.75) is 24.5 Å². The van der Waals surface area contributed by atoms with Crippen LogP contribution in [0.2, 0.25) is 0 Å². The fourth-order valence-corrected chi connectivity index (χ4v) is 4.23. The number of nitrogens with one attached hydrogen (secondary N) is 2. The van der Waals surface area contributed by atoms with Gasteiger partial charge in [-0.3, -0.25) is 15.0 Å². The number of urea groups is 1. The summed E-state index contributed by atoms with van der Waals surface area (Å²) in [4.78, 5) is 17.9. The predicted molar refractivity (Wildman–Crippen MR) is 141 cm³/mol. The second-order valence-electron chi connectivity index (χ2n) is 8.34. The first-order valence-corrected chi connectivity index (χ1v) is 12.4. The Bertz CT molecular complexity index is 1390. The summed E-state index contributed by atoms with van der Waals surface area (Å²) in [6.45, 7) is 0. The Balaban J connectivity index is 1.85. The number of nitrogens with zero attached hydrogens (tertiary/aromatic N) is 3. The molecule has 1 atom stereocenters. The molecule has 0 aliphatic rings. The number of aryl methyl sites for hydroxylation is 1. The Morgan fingerprint density at radius 1 is 1.08 bits per heavy atom. The molecule has 0 radical (unpaired) electrons. The van der Waals surface area contributed by atoms with E-state index in [-0.39, 0.29) is 12.0 Å². The van der Waals surface area contributed by atoms with Crippen LogP contribution in [0.5, 0.6) is 5.75 Å². The minimum absolute atomic E-state index is 0.148. The van der Waals surface area contributed by atoms with Gasteiger partial charge in [0.2, 0.25) is 0 Å². The van der Waals surface area contributed by atoms with Crippen LogP contribution in [0.4, 0.5) is 28.2 Å². The third kappa shape index (κ3) is 6.23. The smallest absolute Gasteiger partial charge is 0.428 e. The summed E-state index contributed by atoms with van der Waals surface area (Å²) >= 11 is 2.09. The molecule has 0 aliphatic carbocycles. The molecule has 7 nitrogen and oxygen atoms in total. The first-order valence-electron chi connectivity index (χ1n) is 11.3. The van der Waals surface area contributed by atoms with E-state index in [2.05, 4.69) is 48.0 Å². The highest BCUT2D eigenvalue weighted by atomic mass is 127. The molecule has 38 heavy (non-hydrogen) atoms. The van der Waals surface area contributed by atoms with Gasteiger partial charge in [0.25, 0.3) is 0 Å². The monoisotopic (exact) mass is 639 g/mol. The molecule has 2 heterocycles. The lowest BCUT2D eigenvalue weighted by Gasteiger charge is -2.35. The number of hydrogen-bond acceptors (Lipinski definition) is 4. The highest BCUT2D eigenvalue weighted by molar-refractivity contribution is 14.1. The van der Waals surface area contributed by atoms with Crippen molar-refractivity contribution < 1.29 is 27.1 Å². The average molecular weight is 639 g/mol. The fourth-order valence-electron chi connectivity index (χ4n) is 3.92. The third-order valence-electron chi connectivity index (χ3n) is 5.70. The van der Waals surface area contributed by atoms with Crippen molar-refractivity contribution in [3.63, 3.8) is 0 Å². The molecule has 12 heteroatoms. The number of carbonyl (C=O) groups is 1. The molecule has 198 valence electrons. The third-order valence-corrected chi connectivity index (χ3v) is 6.34. The van der Waals surface area contributed by atoms with E-state index in [0.717, 1.165) is 15.2 Å². The Hall–Kier alpha value is -3.68. The summed E-state index contributed by atoms with van der Waals surface area (Å²) in [5.74, 6) is -0.0927. The van der Waals surface area contributed by atoms with Crippen molar-refractivity contribution >= 4 is 34.4 Å². The second kappa shape index (κ2) is 11.4. The SMILES string of the molecule is Cn1nccc1NC(=O)N[C@@](Cc1ccccc1)(c1cccc(OC(F)(F)C(F)F)c1)c1ccc(I)cn1. The van der Waals surface area contributed by atoms with Crippen LogP contribution in [-0.2, 0) is 19.0 Å². The Kier molecular flexibility index (Phi) is 8.19. The quantitative estimate of drug-likeness (QED) is 0.175. The molecule has 0 fully saturated rings. The maximum atomic E-state index is 13.8. The first kappa shape index (κ1) is 27.4. The molecule has 0 bridgehead atoms. The highest BCUT2D eigenvalue weighted by Crippen LogP contribution is 2.36. The molecule has 2 amide bonds. The van der Waals surface area contributed by atoms with Gasteiger partial charge < -0.3 is 10.1 Å². The van der Waals surface area contributed by atoms with E-state index in [1.807, 2.05) is 30.3 Å². The number of pyridine rings is 1. The zero-order valence-corrected chi connectivity index (χ0v) is 22.1. The van der Waals surface area contributed by atoms with E-state index in [0.29, 0.717) is 11.5 Å². The second-order valence-corrected chi connectivity index (χ2v) is 9.59. The summed E-state index contributed by atoms with van der Waals surface area (Å²) < 4.78 is 59.9. The van der Waals surface area contributed by atoms with Crippen LogP contribution < -0.4 is 15.4 Å². The Morgan fingerprint density at radius 3 is 2.47 bits per heavy atom. The molecule has 4 aromatic rings. The zero-order valence-electron chi connectivity index (χ0n) is 19.9. The Labute approximate surface area is 229 Å². The molecule has 2 N–H and O–H groups in total. The van der Waals surface area contributed by atoms with E-state index >= 15 is 0 Å². The maximum Gasteiger partial charge on any atom is 0.461 e. The molecule has 0 saturated carbocycles. The minimum Gasteiger partial charge on any atom is -0.428 e. The summed E-state index contributed by atoms with van der Waals surface area (Å²) in [7, 11) is 1.65. The van der Waals surface area contributed by atoms with Gasteiger partial charge in [0, 0.05) is 29.3 Å². The van der Waals surface area contributed by atoms with Gasteiger partial charge in [-0.25, -0.2) is 4.79 Å². The number of carbonyl (C=O) groups excluding carboxylic acids is 1. The predicted octanol–water partition coefficient (Wildman–Crippen LogP) is 5.96. The van der Waals surface area contributed by atoms with E-state index in [4.69, 9.17) is 0 Å². The van der Waals surface area contributed by atoms with Crippen molar-refractivity contribution in [1.29, 1.82) is 0 Å². The van der Waals surface area contributed by atoms with Crippen LogP contribution in [0, 0.1) is 3.57 Å². The number of aromatic nitrogens is 3. The molecule has 4 rings (SSSR count). The van der Waals surface area contributed by atoms with Crippen LogP contribution in [0.15, 0.2) is 85.2 Å². The van der Waals surface area contributed by atoms with Crippen LogP contribution in [0.1, 0.15) is 16.8 Å². The largest absolute Gasteiger partial charge is 0.461 e. The van der Waals surface area contributed by atoms with Gasteiger partial charge in [-0.2, -0.15) is 22.7 Å². The average Bonchev–Trinajstić information content (AvgIpc) is 3.28. The number of anilines is 1. The number of rotatable bonds is 9. The van der Waals surface area contributed by atoms with Gasteiger partial charge in [0.15, 0.2) is 0 Å². The van der Waals surface area contributed by atoms with Gasteiger partial charge in [-0.1, -0.05) is 42.5 Å². The summed E-state index contributed by atoms with van der Waals surface area (Å²) in [5.41, 5.74) is 0.0452. The zero-order chi connectivity index (χ0) is 27.3. The number of hydrogen-bond donors (Lipinski definition) is 2. The normalized spacial score (nSPS) is 13.1. The van der Waals surface area contributed by atoms with E-state index in [1.54, 1.807) is 37.5 Å². The lowest BCUT2D eigenvalue weighted by atomic mass is 9.80. The number of halogens is 5. The van der Waals surface area contributed by atoms with E-state index < -0.39 is 29.9 Å². The number of benzene rings is 2. The van der Waals surface area contributed by atoms with E-state index in [1.165, 1.54) is 23.0 Å². The van der Waals surface area contributed by atoms with Crippen molar-refractivity contribution in [2.24, 2.45) is 7.05 Å². The summed E-state index contributed by atoms with van der Waals surface area (Å²) in [5, 5.41) is 9.71. The number of ether oxygens (including phenoxy) is 1. The van der Waals surface area contributed by atoms with Crippen LogP contribution in [0.3, 0.4) is 0 Å². The van der Waals surface area contributed by atoms with Gasteiger partial charge in [0.1, 0.15) is 17.1 Å². The lowest BCUT2D eigenvalue weighted by molar-refractivity contribution is -0.253. The molecular weight excluding hydrogens is 617 g/mol. The molecule has 0 unspecified atom stereocenters. The van der Waals surface area contributed by atoms with Crippen molar-refractivity contribution in [3.05, 3.63) is 106 Å². The van der Waals surface area contributed by atoms with Crippen LogP contribution >= 0.6 is 22.6 Å². The molecule has 0 aliphatic heterocycles. The van der Waals surface area contributed by atoms with E-state index in [9.17, 15) is 22.4 Å². The lowest BCUT2D eigenvalue weighted by Crippen LogP contribution is -2.50. The standard InChI is InChI=1S/C26H22F4IN5O2/c1-36-22(12-13-33-36)34-24(37)35-25(15-17-6-3-2-4-7-17,21-11-10-19(31)16-32-21)18-8-5-9-20(14-18)38-26(29,30)23(27)28/h2-14,16,23H,15H2,1H3,(H2,34,35,37)/t25-/m0/s1. The minimum atomic E-state index is -4.70. The summed E-state index contributed by atoms with van der Waals surface area (Å²) in [6, 6.07) is 18.9. The maximum absolute atomic E-state index is 13.8. The molecule has 2 aromatic carbocycles. The van der Waals surface area contributed by atoms with Crippen molar-refractivity contribution in [2.75, 3.05) is 5.32 Å². The Morgan fingerprint density at radius 2 is 1.84 bits per heavy atom. The van der Waals surface area contributed by atoms with Gasteiger partial charge in [0.05, 0.1) is 11.9 Å². The fraction of sp³-hybridized carbons (Fsp3) is 0.192. The van der Waals surface area contributed by atoms with Crippen LogP contribution in [0.25, 0.3) is 0 Å². The van der Waals surface area contributed by atoms with Gasteiger partial charge >= 0.3 is 18.6 Å². The van der Waals surface area contributed by atoms with Crippen LogP contribution in [-0.4, -0.2) is 33.3 Å². The molecule has 2 aromatic heterocycles.